The van der Waals surface area contributed by atoms with Gasteiger partial charge in [0.2, 0.25) is 0 Å². The molecule has 0 amide bonds. The zero-order chi connectivity index (χ0) is 15.8. The largest absolute Gasteiger partial charge is 0.345 e. The van der Waals surface area contributed by atoms with Gasteiger partial charge in [-0.05, 0) is 48.2 Å². The SMILES string of the molecule is N#Cc1ccc(-c2cc(Cl)nc(C3CC3)c2)c(-c2ncc[nH]2)c1. The summed E-state index contributed by atoms with van der Waals surface area (Å²) in [7, 11) is 0. The molecule has 0 spiro atoms. The van der Waals surface area contributed by atoms with Crippen molar-refractivity contribution in [3.8, 4) is 28.6 Å². The van der Waals surface area contributed by atoms with E-state index in [0.717, 1.165) is 28.2 Å². The molecular formula is C18H13ClN4. The van der Waals surface area contributed by atoms with Gasteiger partial charge in [0.15, 0.2) is 0 Å². The highest BCUT2D eigenvalue weighted by molar-refractivity contribution is 6.29. The van der Waals surface area contributed by atoms with Gasteiger partial charge in [-0.25, -0.2) is 9.97 Å². The lowest BCUT2D eigenvalue weighted by Crippen LogP contribution is -1.93. The number of aromatic nitrogens is 3. The van der Waals surface area contributed by atoms with Crippen molar-refractivity contribution < 1.29 is 0 Å². The van der Waals surface area contributed by atoms with E-state index in [0.29, 0.717) is 16.6 Å². The summed E-state index contributed by atoms with van der Waals surface area (Å²) in [6.07, 6.45) is 5.82. The highest BCUT2D eigenvalue weighted by Gasteiger charge is 2.26. The van der Waals surface area contributed by atoms with Crippen LogP contribution in [-0.2, 0) is 0 Å². The summed E-state index contributed by atoms with van der Waals surface area (Å²) in [6.45, 7) is 0. The van der Waals surface area contributed by atoms with Crippen LogP contribution < -0.4 is 0 Å². The van der Waals surface area contributed by atoms with E-state index in [1.165, 1.54) is 12.8 Å². The van der Waals surface area contributed by atoms with Crippen LogP contribution in [-0.4, -0.2) is 15.0 Å². The molecule has 0 saturated heterocycles. The summed E-state index contributed by atoms with van der Waals surface area (Å²) in [4.78, 5) is 11.9. The number of nitriles is 1. The van der Waals surface area contributed by atoms with Crippen molar-refractivity contribution in [3.05, 3.63) is 59.1 Å². The second-order valence-electron chi connectivity index (χ2n) is 5.69. The van der Waals surface area contributed by atoms with E-state index >= 15 is 0 Å². The zero-order valence-electron chi connectivity index (χ0n) is 12.3. The monoisotopic (exact) mass is 320 g/mol. The van der Waals surface area contributed by atoms with E-state index in [1.54, 1.807) is 12.4 Å². The summed E-state index contributed by atoms with van der Waals surface area (Å²) in [6, 6.07) is 11.7. The highest BCUT2D eigenvalue weighted by Crippen LogP contribution is 2.41. The standard InChI is InChI=1S/C18H13ClN4/c19-17-9-13(8-16(23-17)12-2-3-12)14-4-1-11(10-20)7-15(14)18-21-5-6-22-18/h1,4-9,12H,2-3H2,(H,21,22). The van der Waals surface area contributed by atoms with Gasteiger partial charge in [0.25, 0.3) is 0 Å². The molecule has 1 aliphatic carbocycles. The van der Waals surface area contributed by atoms with Gasteiger partial charge in [0, 0.05) is 29.6 Å². The minimum Gasteiger partial charge on any atom is -0.345 e. The van der Waals surface area contributed by atoms with E-state index in [1.807, 2.05) is 24.3 Å². The second kappa shape index (κ2) is 5.53. The van der Waals surface area contributed by atoms with Crippen molar-refractivity contribution in [2.75, 3.05) is 0 Å². The number of nitrogens with zero attached hydrogens (tertiary/aromatic N) is 3. The maximum atomic E-state index is 9.18. The van der Waals surface area contributed by atoms with E-state index in [4.69, 9.17) is 11.6 Å². The summed E-state index contributed by atoms with van der Waals surface area (Å²) in [5, 5.41) is 9.68. The van der Waals surface area contributed by atoms with E-state index in [9.17, 15) is 5.26 Å². The van der Waals surface area contributed by atoms with Gasteiger partial charge >= 0.3 is 0 Å². The van der Waals surface area contributed by atoms with Crippen molar-refractivity contribution in [1.29, 1.82) is 5.26 Å². The first kappa shape index (κ1) is 14.0. The first-order valence-corrected chi connectivity index (χ1v) is 7.84. The Morgan fingerprint density at radius 3 is 2.74 bits per heavy atom. The molecular weight excluding hydrogens is 308 g/mol. The molecule has 0 radical (unpaired) electrons. The Morgan fingerprint density at radius 2 is 2.04 bits per heavy atom. The Balaban J connectivity index is 1.90. The van der Waals surface area contributed by atoms with Crippen LogP contribution in [0.3, 0.4) is 0 Å². The minimum absolute atomic E-state index is 0.499. The number of halogens is 1. The van der Waals surface area contributed by atoms with E-state index < -0.39 is 0 Å². The molecule has 0 bridgehead atoms. The molecule has 1 N–H and O–H groups in total. The number of aromatic amines is 1. The number of pyridine rings is 1. The fourth-order valence-electron chi connectivity index (χ4n) is 2.73. The fourth-order valence-corrected chi connectivity index (χ4v) is 2.95. The number of nitrogens with one attached hydrogen (secondary N) is 1. The lowest BCUT2D eigenvalue weighted by atomic mass is 9.97. The highest BCUT2D eigenvalue weighted by atomic mass is 35.5. The predicted molar refractivity (Wildman–Crippen MR) is 89.0 cm³/mol. The van der Waals surface area contributed by atoms with Gasteiger partial charge in [-0.2, -0.15) is 5.26 Å². The Hall–Kier alpha value is -2.64. The second-order valence-corrected chi connectivity index (χ2v) is 6.07. The predicted octanol–water partition coefficient (Wildman–Crippen LogP) is 4.54. The molecule has 1 fully saturated rings. The zero-order valence-corrected chi connectivity index (χ0v) is 13.0. The van der Waals surface area contributed by atoms with Crippen LogP contribution in [0.1, 0.15) is 30.0 Å². The van der Waals surface area contributed by atoms with Gasteiger partial charge < -0.3 is 4.98 Å². The van der Waals surface area contributed by atoms with Gasteiger partial charge in [-0.1, -0.05) is 17.7 Å². The van der Waals surface area contributed by atoms with Crippen LogP contribution in [0.2, 0.25) is 5.15 Å². The van der Waals surface area contributed by atoms with E-state index in [2.05, 4.69) is 27.1 Å². The van der Waals surface area contributed by atoms with Crippen molar-refractivity contribution in [2.45, 2.75) is 18.8 Å². The lowest BCUT2D eigenvalue weighted by Gasteiger charge is -2.10. The van der Waals surface area contributed by atoms with Crippen LogP contribution in [0.5, 0.6) is 0 Å². The molecule has 2 heterocycles. The normalized spacial score (nSPS) is 13.7. The average Bonchev–Trinajstić information content (AvgIpc) is 3.28. The molecule has 0 atom stereocenters. The minimum atomic E-state index is 0.499. The van der Waals surface area contributed by atoms with Crippen molar-refractivity contribution in [3.63, 3.8) is 0 Å². The smallest absolute Gasteiger partial charge is 0.137 e. The molecule has 1 aliphatic rings. The molecule has 4 nitrogen and oxygen atoms in total. The molecule has 23 heavy (non-hydrogen) atoms. The van der Waals surface area contributed by atoms with Crippen molar-refractivity contribution >= 4 is 11.6 Å². The molecule has 4 rings (SSSR count). The quantitative estimate of drug-likeness (QED) is 0.720. The third-order valence-electron chi connectivity index (χ3n) is 4.02. The summed E-state index contributed by atoms with van der Waals surface area (Å²) < 4.78 is 0. The molecule has 1 saturated carbocycles. The lowest BCUT2D eigenvalue weighted by molar-refractivity contribution is 1.02. The molecule has 112 valence electrons. The molecule has 3 aromatic rings. The summed E-state index contributed by atoms with van der Waals surface area (Å²) in [5.74, 6) is 1.26. The Labute approximate surface area is 138 Å². The summed E-state index contributed by atoms with van der Waals surface area (Å²) >= 11 is 6.22. The Kier molecular flexibility index (Phi) is 3.36. The summed E-state index contributed by atoms with van der Waals surface area (Å²) in [5.41, 5.74) is 4.52. The number of hydrogen-bond acceptors (Lipinski definition) is 3. The molecule has 1 aromatic carbocycles. The molecule has 0 unspecified atom stereocenters. The van der Waals surface area contributed by atoms with Gasteiger partial charge in [0.05, 0.1) is 11.6 Å². The van der Waals surface area contributed by atoms with Crippen LogP contribution in [0, 0.1) is 11.3 Å². The topological polar surface area (TPSA) is 65.4 Å². The van der Waals surface area contributed by atoms with Crippen molar-refractivity contribution in [1.82, 2.24) is 15.0 Å². The van der Waals surface area contributed by atoms with Crippen molar-refractivity contribution in [2.24, 2.45) is 0 Å². The van der Waals surface area contributed by atoms with Crippen LogP contribution in [0.4, 0.5) is 0 Å². The Morgan fingerprint density at radius 1 is 1.17 bits per heavy atom. The number of rotatable bonds is 3. The third kappa shape index (κ3) is 2.71. The maximum Gasteiger partial charge on any atom is 0.137 e. The van der Waals surface area contributed by atoms with Gasteiger partial charge in [0.1, 0.15) is 11.0 Å². The van der Waals surface area contributed by atoms with Crippen LogP contribution in [0.15, 0.2) is 42.7 Å². The van der Waals surface area contributed by atoms with Crippen LogP contribution in [0.25, 0.3) is 22.5 Å². The first-order chi connectivity index (χ1) is 11.2. The molecule has 5 heteroatoms. The maximum absolute atomic E-state index is 9.18. The number of benzene rings is 1. The van der Waals surface area contributed by atoms with Crippen LogP contribution >= 0.6 is 11.6 Å². The number of imidazole rings is 1. The fraction of sp³-hybridized carbons (Fsp3) is 0.167. The molecule has 2 aromatic heterocycles. The molecule has 0 aliphatic heterocycles. The third-order valence-corrected chi connectivity index (χ3v) is 4.22. The number of hydrogen-bond donors (Lipinski definition) is 1. The van der Waals surface area contributed by atoms with Gasteiger partial charge in [-0.3, -0.25) is 0 Å². The average molecular weight is 321 g/mol. The number of H-pyrrole nitrogens is 1. The van der Waals surface area contributed by atoms with Gasteiger partial charge in [-0.15, -0.1) is 0 Å². The Bertz CT molecular complexity index is 905. The first-order valence-electron chi connectivity index (χ1n) is 7.46. The van der Waals surface area contributed by atoms with E-state index in [-0.39, 0.29) is 0 Å².